The van der Waals surface area contributed by atoms with Gasteiger partial charge in [0.05, 0.1) is 11.1 Å². The number of halogens is 1. The van der Waals surface area contributed by atoms with Gasteiger partial charge >= 0.3 is 0 Å². The number of rotatable bonds is 6. The van der Waals surface area contributed by atoms with Gasteiger partial charge in [0.2, 0.25) is 11.0 Å². The summed E-state index contributed by atoms with van der Waals surface area (Å²) in [7, 11) is 0. The van der Waals surface area contributed by atoms with E-state index in [1.807, 2.05) is 0 Å². The second kappa shape index (κ2) is 7.06. The molecule has 0 spiro atoms. The lowest BCUT2D eigenvalue weighted by Gasteiger charge is -2.12. The van der Waals surface area contributed by atoms with Crippen LogP contribution in [-0.4, -0.2) is 45.2 Å². The summed E-state index contributed by atoms with van der Waals surface area (Å²) >= 11 is 6.70. The highest BCUT2D eigenvalue weighted by atomic mass is 35.5. The van der Waals surface area contributed by atoms with Gasteiger partial charge in [0.1, 0.15) is 5.01 Å². The molecule has 124 valence electrons. The van der Waals surface area contributed by atoms with Crippen LogP contribution in [0.1, 0.15) is 32.1 Å². The fraction of sp³-hybridized carbons (Fsp3) is 0.267. The molecular weight excluding hydrogens is 352 g/mol. The Kier molecular flexibility index (Phi) is 4.86. The highest BCUT2D eigenvalue weighted by Gasteiger charge is 2.34. The van der Waals surface area contributed by atoms with E-state index in [0.717, 1.165) is 0 Å². The molecule has 0 atom stereocenters. The van der Waals surface area contributed by atoms with Gasteiger partial charge in [0.15, 0.2) is 0 Å². The van der Waals surface area contributed by atoms with Crippen LogP contribution in [0.25, 0.3) is 0 Å². The van der Waals surface area contributed by atoms with Crippen molar-refractivity contribution in [3.05, 3.63) is 40.4 Å². The molecule has 3 rings (SSSR count). The summed E-state index contributed by atoms with van der Waals surface area (Å²) in [6, 6.07) is 6.75. The average Bonchev–Trinajstić information content (AvgIpc) is 3.10. The van der Waals surface area contributed by atoms with Crippen molar-refractivity contribution in [2.75, 3.05) is 17.7 Å². The highest BCUT2D eigenvalue weighted by Crippen LogP contribution is 2.23. The first-order valence-electron chi connectivity index (χ1n) is 7.23. The van der Waals surface area contributed by atoms with Gasteiger partial charge in [-0.1, -0.05) is 23.5 Å². The molecule has 0 saturated heterocycles. The molecule has 0 fully saturated rings. The van der Waals surface area contributed by atoms with Crippen molar-refractivity contribution in [1.29, 1.82) is 0 Å². The smallest absolute Gasteiger partial charge is 0.261 e. The Labute approximate surface area is 146 Å². The summed E-state index contributed by atoms with van der Waals surface area (Å²) in [5.74, 6) is -0.586. The van der Waals surface area contributed by atoms with Crippen LogP contribution in [0.3, 0.4) is 0 Å². The second-order valence-electron chi connectivity index (χ2n) is 5.05. The summed E-state index contributed by atoms with van der Waals surface area (Å²) < 4.78 is 0. The molecule has 0 aliphatic carbocycles. The fourth-order valence-electron chi connectivity index (χ4n) is 2.32. The van der Waals surface area contributed by atoms with Crippen molar-refractivity contribution in [1.82, 2.24) is 15.1 Å². The monoisotopic (exact) mass is 364 g/mol. The molecule has 2 heterocycles. The van der Waals surface area contributed by atoms with Crippen molar-refractivity contribution in [3.63, 3.8) is 0 Å². The number of nitrogens with one attached hydrogen (secondary N) is 1. The number of carbonyl (C=O) groups is 3. The molecule has 0 saturated carbocycles. The van der Waals surface area contributed by atoms with Crippen molar-refractivity contribution < 1.29 is 14.4 Å². The van der Waals surface area contributed by atoms with E-state index in [0.29, 0.717) is 27.7 Å². The lowest BCUT2D eigenvalue weighted by atomic mass is 10.1. The lowest BCUT2D eigenvalue weighted by molar-refractivity contribution is -0.115. The number of imide groups is 1. The number of alkyl halides is 1. The first-order valence-corrected chi connectivity index (χ1v) is 8.58. The van der Waals surface area contributed by atoms with Gasteiger partial charge in [-0.15, -0.1) is 21.8 Å². The number of benzene rings is 1. The standard InChI is InChI=1S/C15H13ClN4O3S/c16-7-5-11(21)17-15-19-18-12(24-15)6-8-20-13(22)9-3-1-2-4-10(9)14(20)23/h1-4H,5-8H2,(H,17,19,21). The van der Waals surface area contributed by atoms with Crippen molar-refractivity contribution in [2.24, 2.45) is 0 Å². The zero-order chi connectivity index (χ0) is 17.1. The Bertz CT molecular complexity index is 773. The molecule has 1 aliphatic rings. The molecule has 1 aromatic heterocycles. The number of nitrogens with zero attached hydrogens (tertiary/aromatic N) is 3. The molecule has 24 heavy (non-hydrogen) atoms. The molecule has 1 N–H and O–H groups in total. The fourth-order valence-corrected chi connectivity index (χ4v) is 3.24. The van der Waals surface area contributed by atoms with Crippen molar-refractivity contribution in [3.8, 4) is 0 Å². The number of carbonyl (C=O) groups excluding carboxylic acids is 3. The number of hydrogen-bond donors (Lipinski definition) is 1. The topological polar surface area (TPSA) is 92.3 Å². The third kappa shape index (κ3) is 3.29. The predicted octanol–water partition coefficient (Wildman–Crippen LogP) is 1.94. The third-order valence-electron chi connectivity index (χ3n) is 3.46. The minimum absolute atomic E-state index is 0.200. The van der Waals surface area contributed by atoms with E-state index in [9.17, 15) is 14.4 Å². The lowest BCUT2D eigenvalue weighted by Crippen LogP contribution is -2.31. The Morgan fingerprint density at radius 2 is 1.83 bits per heavy atom. The van der Waals surface area contributed by atoms with Crippen LogP contribution < -0.4 is 5.32 Å². The quantitative estimate of drug-likeness (QED) is 0.624. The number of fused-ring (bicyclic) bond motifs is 1. The Balaban J connectivity index is 1.61. The highest BCUT2D eigenvalue weighted by molar-refractivity contribution is 7.15. The second-order valence-corrected chi connectivity index (χ2v) is 6.49. The Hall–Kier alpha value is -2.32. The van der Waals surface area contributed by atoms with E-state index in [2.05, 4.69) is 15.5 Å². The average molecular weight is 365 g/mol. The van der Waals surface area contributed by atoms with Gasteiger partial charge in [-0.25, -0.2) is 0 Å². The molecule has 1 aliphatic heterocycles. The molecule has 1 aromatic carbocycles. The summed E-state index contributed by atoms with van der Waals surface area (Å²) in [4.78, 5) is 37.2. The number of aromatic nitrogens is 2. The van der Waals surface area contributed by atoms with E-state index in [4.69, 9.17) is 11.6 Å². The normalized spacial score (nSPS) is 13.3. The largest absolute Gasteiger partial charge is 0.300 e. The maximum Gasteiger partial charge on any atom is 0.261 e. The molecule has 0 unspecified atom stereocenters. The molecule has 0 bridgehead atoms. The van der Waals surface area contributed by atoms with Crippen LogP contribution in [0.5, 0.6) is 0 Å². The van der Waals surface area contributed by atoms with Crippen LogP contribution in [0.2, 0.25) is 0 Å². The molecule has 2 aromatic rings. The van der Waals surface area contributed by atoms with E-state index in [1.54, 1.807) is 24.3 Å². The zero-order valence-corrected chi connectivity index (χ0v) is 14.1. The van der Waals surface area contributed by atoms with E-state index >= 15 is 0 Å². The van der Waals surface area contributed by atoms with Crippen molar-refractivity contribution in [2.45, 2.75) is 12.8 Å². The van der Waals surface area contributed by atoms with Gasteiger partial charge in [0, 0.05) is 25.3 Å². The van der Waals surface area contributed by atoms with Crippen LogP contribution in [-0.2, 0) is 11.2 Å². The van der Waals surface area contributed by atoms with Crippen LogP contribution in [0.4, 0.5) is 5.13 Å². The first kappa shape index (κ1) is 16.5. The molecule has 3 amide bonds. The Morgan fingerprint density at radius 1 is 1.17 bits per heavy atom. The van der Waals surface area contributed by atoms with Crippen LogP contribution >= 0.6 is 22.9 Å². The number of anilines is 1. The SMILES string of the molecule is O=C(CCCl)Nc1nnc(CCN2C(=O)c3ccccc3C2=O)s1. The molecule has 7 nitrogen and oxygen atoms in total. The Morgan fingerprint density at radius 3 is 2.46 bits per heavy atom. The minimum Gasteiger partial charge on any atom is -0.300 e. The molecular formula is C15H13ClN4O3S. The summed E-state index contributed by atoms with van der Waals surface area (Å²) in [6.45, 7) is 0.219. The summed E-state index contributed by atoms with van der Waals surface area (Å²) in [5.41, 5.74) is 0.850. The van der Waals surface area contributed by atoms with Crippen molar-refractivity contribution >= 4 is 45.8 Å². The summed E-state index contributed by atoms with van der Waals surface area (Å²) in [6.07, 6.45) is 0.583. The van der Waals surface area contributed by atoms with Gasteiger partial charge in [-0.05, 0) is 12.1 Å². The van der Waals surface area contributed by atoms with E-state index in [-0.39, 0.29) is 36.6 Å². The minimum atomic E-state index is -0.296. The maximum absolute atomic E-state index is 12.3. The van der Waals surface area contributed by atoms with E-state index < -0.39 is 0 Å². The van der Waals surface area contributed by atoms with Gasteiger partial charge in [-0.2, -0.15) is 0 Å². The van der Waals surface area contributed by atoms with Crippen LogP contribution in [0.15, 0.2) is 24.3 Å². The predicted molar refractivity (Wildman–Crippen MR) is 89.4 cm³/mol. The first-order chi connectivity index (χ1) is 11.6. The van der Waals surface area contributed by atoms with E-state index in [1.165, 1.54) is 16.2 Å². The maximum atomic E-state index is 12.3. The van der Waals surface area contributed by atoms with Crippen LogP contribution in [0, 0.1) is 0 Å². The van der Waals surface area contributed by atoms with Gasteiger partial charge in [0.25, 0.3) is 11.8 Å². The third-order valence-corrected chi connectivity index (χ3v) is 4.55. The van der Waals surface area contributed by atoms with Gasteiger partial charge in [-0.3, -0.25) is 19.3 Å². The molecule has 0 radical (unpaired) electrons. The zero-order valence-electron chi connectivity index (χ0n) is 12.5. The summed E-state index contributed by atoms with van der Waals surface area (Å²) in [5, 5.41) is 11.4. The van der Waals surface area contributed by atoms with Gasteiger partial charge < -0.3 is 5.32 Å². The number of amides is 3. The number of hydrogen-bond acceptors (Lipinski definition) is 6. The molecule has 9 heteroatoms.